The van der Waals surface area contributed by atoms with Crippen LogP contribution in [0.5, 0.6) is 5.75 Å². The molecule has 4 nitrogen and oxygen atoms in total. The van der Waals surface area contributed by atoms with Crippen LogP contribution in [-0.4, -0.2) is 27.3 Å². The zero-order valence-corrected chi connectivity index (χ0v) is 8.85. The lowest BCUT2D eigenvalue weighted by Crippen LogP contribution is -2.18. The van der Waals surface area contributed by atoms with Gasteiger partial charge in [0.25, 0.3) is 0 Å². The molecule has 84 valence electrons. The number of nitrogen functional groups attached to an aromatic ring is 1. The number of hydrogen-bond donors (Lipinski definition) is 4. The summed E-state index contributed by atoms with van der Waals surface area (Å²) in [5.74, 6) is 0.226. The number of aliphatic hydroxyl groups excluding tert-OH is 2. The van der Waals surface area contributed by atoms with Gasteiger partial charge in [0, 0.05) is 5.88 Å². The predicted octanol–water partition coefficient (Wildman–Crippen LogP) is 0.998. The van der Waals surface area contributed by atoms with E-state index in [0.717, 1.165) is 0 Å². The van der Waals surface area contributed by atoms with E-state index in [9.17, 15) is 15.3 Å². The van der Waals surface area contributed by atoms with Gasteiger partial charge in [-0.3, -0.25) is 0 Å². The van der Waals surface area contributed by atoms with Gasteiger partial charge in [-0.25, -0.2) is 0 Å². The van der Waals surface area contributed by atoms with E-state index in [1.807, 2.05) is 0 Å². The number of aliphatic hydroxyl groups is 2. The molecule has 0 saturated heterocycles. The number of nitrogens with two attached hydrogens (primary N) is 1. The third-order valence-electron chi connectivity index (χ3n) is 2.16. The van der Waals surface area contributed by atoms with Gasteiger partial charge in [-0.1, -0.05) is 6.07 Å². The highest BCUT2D eigenvalue weighted by Crippen LogP contribution is 2.26. The molecule has 5 N–H and O–H groups in total. The fraction of sp³-hybridized carbons (Fsp3) is 0.400. The van der Waals surface area contributed by atoms with Gasteiger partial charge in [0.1, 0.15) is 11.9 Å². The van der Waals surface area contributed by atoms with Crippen molar-refractivity contribution in [2.75, 3.05) is 11.6 Å². The monoisotopic (exact) mass is 231 g/mol. The molecular weight excluding hydrogens is 218 g/mol. The molecule has 0 spiro atoms. The summed E-state index contributed by atoms with van der Waals surface area (Å²) in [7, 11) is 0. The maximum absolute atomic E-state index is 9.69. The summed E-state index contributed by atoms with van der Waals surface area (Å²) in [6.07, 6.45) is -1.66. The molecule has 5 heteroatoms. The Kier molecular flexibility index (Phi) is 4.20. The Labute approximate surface area is 92.9 Å². The largest absolute Gasteiger partial charge is 0.506 e. The van der Waals surface area contributed by atoms with Crippen LogP contribution in [0.4, 0.5) is 5.69 Å². The standard InChI is InChI=1S/C10H14ClNO3/c11-4-3-9(14)10(15)6-1-2-8(13)7(12)5-6/h1-2,5,9-10,13-15H,3-4,12H2. The van der Waals surface area contributed by atoms with Crippen molar-refractivity contribution in [3.05, 3.63) is 23.8 Å². The van der Waals surface area contributed by atoms with Gasteiger partial charge in [0.2, 0.25) is 0 Å². The molecule has 0 aliphatic heterocycles. The average molecular weight is 232 g/mol. The van der Waals surface area contributed by atoms with Crippen LogP contribution < -0.4 is 5.73 Å². The molecule has 0 radical (unpaired) electrons. The molecule has 0 fully saturated rings. The first-order valence-electron chi connectivity index (χ1n) is 4.56. The van der Waals surface area contributed by atoms with E-state index >= 15 is 0 Å². The van der Waals surface area contributed by atoms with Gasteiger partial charge in [-0.2, -0.15) is 0 Å². The number of anilines is 1. The van der Waals surface area contributed by atoms with Crippen molar-refractivity contribution in [1.82, 2.24) is 0 Å². The van der Waals surface area contributed by atoms with E-state index in [-0.39, 0.29) is 17.3 Å². The summed E-state index contributed by atoms with van der Waals surface area (Å²) in [4.78, 5) is 0. The average Bonchev–Trinajstić information content (AvgIpc) is 2.21. The van der Waals surface area contributed by atoms with Crippen molar-refractivity contribution in [2.24, 2.45) is 0 Å². The fourth-order valence-corrected chi connectivity index (χ4v) is 1.47. The van der Waals surface area contributed by atoms with E-state index < -0.39 is 12.2 Å². The highest BCUT2D eigenvalue weighted by Gasteiger charge is 2.18. The number of benzene rings is 1. The third kappa shape index (κ3) is 2.99. The Bertz CT molecular complexity index is 332. The summed E-state index contributed by atoms with van der Waals surface area (Å²) < 4.78 is 0. The predicted molar refractivity (Wildman–Crippen MR) is 58.8 cm³/mol. The molecular formula is C10H14ClNO3. The van der Waals surface area contributed by atoms with Gasteiger partial charge in [0.15, 0.2) is 0 Å². The van der Waals surface area contributed by atoms with E-state index in [1.165, 1.54) is 18.2 Å². The van der Waals surface area contributed by atoms with Crippen molar-refractivity contribution < 1.29 is 15.3 Å². The number of aromatic hydroxyl groups is 1. The van der Waals surface area contributed by atoms with Crippen LogP contribution in [-0.2, 0) is 0 Å². The number of alkyl halides is 1. The van der Waals surface area contributed by atoms with Crippen molar-refractivity contribution in [1.29, 1.82) is 0 Å². The first-order valence-corrected chi connectivity index (χ1v) is 5.10. The van der Waals surface area contributed by atoms with Gasteiger partial charge in [-0.15, -0.1) is 11.6 Å². The molecule has 1 aromatic rings. The van der Waals surface area contributed by atoms with Crippen LogP contribution >= 0.6 is 11.6 Å². The summed E-state index contributed by atoms with van der Waals surface area (Å²) >= 11 is 5.45. The highest BCUT2D eigenvalue weighted by molar-refractivity contribution is 6.17. The minimum atomic E-state index is -1.04. The molecule has 15 heavy (non-hydrogen) atoms. The number of phenols is 1. The first-order chi connectivity index (χ1) is 7.06. The quantitative estimate of drug-likeness (QED) is 0.354. The Balaban J connectivity index is 2.81. The molecule has 0 amide bonds. The highest BCUT2D eigenvalue weighted by atomic mass is 35.5. The van der Waals surface area contributed by atoms with Crippen molar-refractivity contribution >= 4 is 17.3 Å². The second kappa shape index (κ2) is 5.21. The van der Waals surface area contributed by atoms with Gasteiger partial charge >= 0.3 is 0 Å². The Hall–Kier alpha value is -0.970. The molecule has 0 heterocycles. The van der Waals surface area contributed by atoms with Gasteiger partial charge in [-0.05, 0) is 24.1 Å². The van der Waals surface area contributed by atoms with Crippen LogP contribution in [0.2, 0.25) is 0 Å². The van der Waals surface area contributed by atoms with Crippen molar-refractivity contribution in [2.45, 2.75) is 18.6 Å². The van der Waals surface area contributed by atoms with Gasteiger partial charge < -0.3 is 21.1 Å². The van der Waals surface area contributed by atoms with Crippen molar-refractivity contribution in [3.8, 4) is 5.75 Å². The molecule has 0 saturated carbocycles. The van der Waals surface area contributed by atoms with Crippen LogP contribution in [0.3, 0.4) is 0 Å². The lowest BCUT2D eigenvalue weighted by molar-refractivity contribution is 0.0170. The van der Waals surface area contributed by atoms with Crippen LogP contribution in [0.1, 0.15) is 18.1 Å². The Morgan fingerprint density at radius 2 is 2.00 bits per heavy atom. The Morgan fingerprint density at radius 1 is 1.33 bits per heavy atom. The van der Waals surface area contributed by atoms with E-state index in [4.69, 9.17) is 17.3 Å². The van der Waals surface area contributed by atoms with Crippen LogP contribution in [0.25, 0.3) is 0 Å². The zero-order valence-electron chi connectivity index (χ0n) is 8.10. The molecule has 1 aromatic carbocycles. The summed E-state index contributed by atoms with van der Waals surface area (Å²) in [6, 6.07) is 4.31. The summed E-state index contributed by atoms with van der Waals surface area (Å²) in [5.41, 5.74) is 6.10. The summed E-state index contributed by atoms with van der Waals surface area (Å²) in [5, 5.41) is 28.4. The maximum atomic E-state index is 9.69. The minimum Gasteiger partial charge on any atom is -0.506 e. The van der Waals surface area contributed by atoms with Crippen molar-refractivity contribution in [3.63, 3.8) is 0 Å². The van der Waals surface area contributed by atoms with Crippen LogP contribution in [0.15, 0.2) is 18.2 Å². The van der Waals surface area contributed by atoms with Gasteiger partial charge in [0.05, 0.1) is 11.8 Å². The number of halogens is 1. The second-order valence-electron chi connectivity index (χ2n) is 3.31. The molecule has 0 aliphatic rings. The number of hydrogen-bond acceptors (Lipinski definition) is 4. The number of rotatable bonds is 4. The molecule has 2 unspecified atom stereocenters. The smallest absolute Gasteiger partial charge is 0.138 e. The van der Waals surface area contributed by atoms with Crippen LogP contribution in [0, 0.1) is 0 Å². The second-order valence-corrected chi connectivity index (χ2v) is 3.69. The SMILES string of the molecule is Nc1cc(C(O)C(O)CCCl)ccc1O. The third-order valence-corrected chi connectivity index (χ3v) is 2.38. The van der Waals surface area contributed by atoms with E-state index in [1.54, 1.807) is 0 Å². The fourth-order valence-electron chi connectivity index (χ4n) is 1.25. The zero-order chi connectivity index (χ0) is 11.4. The molecule has 0 aliphatic carbocycles. The number of phenolic OH excluding ortho intramolecular Hbond substituents is 1. The molecule has 2 atom stereocenters. The molecule has 0 aromatic heterocycles. The van der Waals surface area contributed by atoms with E-state index in [2.05, 4.69) is 0 Å². The lowest BCUT2D eigenvalue weighted by atomic mass is 10.0. The Morgan fingerprint density at radius 3 is 2.53 bits per heavy atom. The first kappa shape index (κ1) is 12.1. The minimum absolute atomic E-state index is 0.0437. The molecule has 1 rings (SSSR count). The lowest BCUT2D eigenvalue weighted by Gasteiger charge is -2.17. The topological polar surface area (TPSA) is 86.7 Å². The maximum Gasteiger partial charge on any atom is 0.138 e. The summed E-state index contributed by atoms with van der Waals surface area (Å²) in [6.45, 7) is 0. The van der Waals surface area contributed by atoms with E-state index in [0.29, 0.717) is 12.0 Å². The normalized spacial score (nSPS) is 14.9. The molecule has 0 bridgehead atoms.